The lowest BCUT2D eigenvalue weighted by Crippen LogP contribution is -2.40. The van der Waals surface area contributed by atoms with Crippen molar-refractivity contribution in [1.82, 2.24) is 0 Å². The molecule has 424 valence electrons. The van der Waals surface area contributed by atoms with Gasteiger partial charge in [0.15, 0.2) is 6.10 Å². The smallest absolute Gasteiger partial charge is 0.361 e. The maximum absolute atomic E-state index is 12.9. The topological polar surface area (TPSA) is 108 Å². The summed E-state index contributed by atoms with van der Waals surface area (Å²) >= 11 is 0. The second-order valence-corrected chi connectivity index (χ2v) is 21.6. The largest absolute Gasteiger partial charge is 0.477 e. The van der Waals surface area contributed by atoms with Gasteiger partial charge in [-0.05, 0) is 57.8 Å². The number of carbonyl (C=O) groups is 3. The Morgan fingerprint density at radius 3 is 1.16 bits per heavy atom. The molecule has 0 bridgehead atoms. The molecule has 0 aliphatic heterocycles. The summed E-state index contributed by atoms with van der Waals surface area (Å²) in [5.74, 6) is -1.99. The van der Waals surface area contributed by atoms with Gasteiger partial charge in [-0.15, -0.1) is 0 Å². The fourth-order valence-corrected chi connectivity index (χ4v) is 8.63. The van der Waals surface area contributed by atoms with Gasteiger partial charge in [0.25, 0.3) is 6.29 Å². The molecule has 9 heteroatoms. The zero-order valence-electron chi connectivity index (χ0n) is 48.3. The molecule has 0 saturated carbocycles. The van der Waals surface area contributed by atoms with Gasteiger partial charge in [-0.25, -0.2) is 4.79 Å². The first-order chi connectivity index (χ1) is 35.6. The number of nitrogens with zero attached hydrogens (tertiary/aromatic N) is 1. The Morgan fingerprint density at radius 2 is 0.781 bits per heavy atom. The second-order valence-electron chi connectivity index (χ2n) is 21.6. The lowest BCUT2D eigenvalue weighted by molar-refractivity contribution is -0.870. The molecule has 2 atom stereocenters. The lowest BCUT2D eigenvalue weighted by Gasteiger charge is -2.25. The molecule has 1 N–H and O–H groups in total. The van der Waals surface area contributed by atoms with Crippen molar-refractivity contribution in [3.05, 3.63) is 60.8 Å². The number of likely N-dealkylation sites (N-methyl/N-ethyl adjacent to an activating group) is 1. The number of hydrogen-bond acceptors (Lipinski definition) is 7. The van der Waals surface area contributed by atoms with Crippen LogP contribution in [0.25, 0.3) is 0 Å². The van der Waals surface area contributed by atoms with Gasteiger partial charge in [0, 0.05) is 12.8 Å². The lowest BCUT2D eigenvalue weighted by atomic mass is 10.0. The molecule has 0 heterocycles. The Hall–Kier alpha value is -3.01. The summed E-state index contributed by atoms with van der Waals surface area (Å²) in [5.41, 5.74) is 0. The summed E-state index contributed by atoms with van der Waals surface area (Å²) < 4.78 is 22.9. The standard InChI is InChI=1S/C64H115NO8/c1-6-8-10-12-14-16-18-20-21-22-23-24-25-26-27-28-29-30-31-32-33-34-35-36-37-38-39-40-41-43-45-47-49-51-53-55-62(67)73-60(59-72-64(63(68)69)70-57-56-65(3,4)5)58-71-61(66)54-52-50-48-46-44-42-19-17-15-13-11-9-7-2/h8,10,14,16,20-21,23-24,26-27,60,64H,6-7,9,11-13,15,17-19,22,25,28-59H2,1-5H3/p+1/b10-8-,16-14-,21-20-,24-23-,27-26-. The molecule has 0 aromatic carbocycles. The van der Waals surface area contributed by atoms with Crippen LogP contribution in [0.1, 0.15) is 271 Å². The Balaban J connectivity index is 4.03. The molecule has 73 heavy (non-hydrogen) atoms. The van der Waals surface area contributed by atoms with E-state index in [0.717, 1.165) is 70.6 Å². The van der Waals surface area contributed by atoms with Gasteiger partial charge in [-0.1, -0.05) is 261 Å². The van der Waals surface area contributed by atoms with E-state index < -0.39 is 24.3 Å². The number of allylic oxidation sites excluding steroid dienone is 10. The van der Waals surface area contributed by atoms with E-state index >= 15 is 0 Å². The van der Waals surface area contributed by atoms with Crippen LogP contribution in [0, 0.1) is 0 Å². The van der Waals surface area contributed by atoms with Gasteiger partial charge < -0.3 is 28.5 Å². The number of hydrogen-bond donors (Lipinski definition) is 1. The molecule has 0 aliphatic rings. The Bertz CT molecular complexity index is 1380. The number of aliphatic carboxylic acids is 1. The van der Waals surface area contributed by atoms with Crippen molar-refractivity contribution in [1.29, 1.82) is 0 Å². The van der Waals surface area contributed by atoms with E-state index in [2.05, 4.69) is 74.6 Å². The fourth-order valence-electron chi connectivity index (χ4n) is 8.63. The zero-order valence-corrected chi connectivity index (χ0v) is 48.3. The number of carboxylic acid groups (broad SMARTS) is 1. The van der Waals surface area contributed by atoms with Crippen molar-refractivity contribution in [2.75, 3.05) is 47.5 Å². The summed E-state index contributed by atoms with van der Waals surface area (Å²) in [7, 11) is 5.97. The number of quaternary nitrogens is 1. The van der Waals surface area contributed by atoms with Crippen LogP contribution in [0.4, 0.5) is 0 Å². The third kappa shape index (κ3) is 56.6. The fraction of sp³-hybridized carbons (Fsp3) is 0.797. The van der Waals surface area contributed by atoms with Crippen molar-refractivity contribution < 1.29 is 42.9 Å². The van der Waals surface area contributed by atoms with Gasteiger partial charge in [0.05, 0.1) is 34.4 Å². The zero-order chi connectivity index (χ0) is 53.4. The minimum Gasteiger partial charge on any atom is -0.477 e. The van der Waals surface area contributed by atoms with E-state index in [-0.39, 0.29) is 32.2 Å². The number of ether oxygens (including phenoxy) is 4. The quantitative estimate of drug-likeness (QED) is 0.0211. The average Bonchev–Trinajstić information content (AvgIpc) is 3.36. The van der Waals surface area contributed by atoms with E-state index in [0.29, 0.717) is 17.4 Å². The molecular formula is C64H116NO8+. The molecule has 0 aromatic heterocycles. The van der Waals surface area contributed by atoms with Crippen molar-refractivity contribution >= 4 is 17.9 Å². The van der Waals surface area contributed by atoms with E-state index in [1.165, 1.54) is 173 Å². The molecule has 0 fully saturated rings. The van der Waals surface area contributed by atoms with Crippen LogP contribution in [0.5, 0.6) is 0 Å². The third-order valence-corrected chi connectivity index (χ3v) is 13.3. The summed E-state index contributed by atoms with van der Waals surface area (Å²) in [4.78, 5) is 37.4. The minimum absolute atomic E-state index is 0.178. The van der Waals surface area contributed by atoms with Crippen molar-refractivity contribution in [2.45, 2.75) is 283 Å². The van der Waals surface area contributed by atoms with E-state index in [9.17, 15) is 19.5 Å². The summed E-state index contributed by atoms with van der Waals surface area (Å²) in [5, 5.41) is 9.69. The average molecular weight is 1030 g/mol. The van der Waals surface area contributed by atoms with Crippen LogP contribution in [0.15, 0.2) is 60.8 Å². The Labute approximate surface area is 450 Å². The monoisotopic (exact) mass is 1030 g/mol. The third-order valence-electron chi connectivity index (χ3n) is 13.3. The van der Waals surface area contributed by atoms with Crippen LogP contribution in [-0.2, 0) is 33.3 Å². The highest BCUT2D eigenvalue weighted by Gasteiger charge is 2.25. The minimum atomic E-state index is -1.51. The van der Waals surface area contributed by atoms with E-state index in [4.69, 9.17) is 18.9 Å². The van der Waals surface area contributed by atoms with Gasteiger partial charge in [0.2, 0.25) is 0 Å². The number of carboxylic acids is 1. The number of unbranched alkanes of at least 4 members (excludes halogenated alkanes) is 31. The molecule has 9 nitrogen and oxygen atoms in total. The predicted molar refractivity (Wildman–Crippen MR) is 309 cm³/mol. The molecule has 0 aliphatic carbocycles. The Kier molecular flexibility index (Phi) is 53.0. The van der Waals surface area contributed by atoms with E-state index in [1.807, 2.05) is 21.1 Å². The predicted octanol–water partition coefficient (Wildman–Crippen LogP) is 18.0. The van der Waals surface area contributed by atoms with Gasteiger partial charge in [-0.3, -0.25) is 9.59 Å². The van der Waals surface area contributed by atoms with Crippen LogP contribution in [0.3, 0.4) is 0 Å². The molecule has 0 rings (SSSR count). The number of rotatable bonds is 56. The van der Waals surface area contributed by atoms with E-state index in [1.54, 1.807) is 0 Å². The van der Waals surface area contributed by atoms with Crippen molar-refractivity contribution in [3.63, 3.8) is 0 Å². The number of carbonyl (C=O) groups excluding carboxylic acids is 2. The Morgan fingerprint density at radius 1 is 0.425 bits per heavy atom. The molecular weight excluding hydrogens is 911 g/mol. The number of esters is 2. The molecule has 0 radical (unpaired) electrons. The first-order valence-corrected chi connectivity index (χ1v) is 30.5. The summed E-state index contributed by atoms with van der Waals surface area (Å²) in [6, 6.07) is 0. The van der Waals surface area contributed by atoms with Crippen molar-refractivity contribution in [2.24, 2.45) is 0 Å². The highest BCUT2D eigenvalue weighted by atomic mass is 16.7. The van der Waals surface area contributed by atoms with Gasteiger partial charge >= 0.3 is 17.9 Å². The van der Waals surface area contributed by atoms with Crippen molar-refractivity contribution in [3.8, 4) is 0 Å². The SMILES string of the molecule is CC/C=C\C/C=C\C/C=C\C/C=C\C/C=C\CCCCCCCCCCCCCCCCCCCCCC(=O)OC(COC(=O)CCCCCCCCCCCCCCC)COC(OCC[N+](C)(C)C)C(=O)O. The van der Waals surface area contributed by atoms with Gasteiger partial charge in [-0.2, -0.15) is 0 Å². The highest BCUT2D eigenvalue weighted by Crippen LogP contribution is 2.17. The normalized spacial score (nSPS) is 13.2. The maximum Gasteiger partial charge on any atom is 0.361 e. The summed E-state index contributed by atoms with van der Waals surface area (Å²) in [6.07, 6.45) is 67.5. The van der Waals surface area contributed by atoms with Crippen LogP contribution in [0.2, 0.25) is 0 Å². The van der Waals surface area contributed by atoms with Crippen LogP contribution >= 0.6 is 0 Å². The molecule has 2 unspecified atom stereocenters. The maximum atomic E-state index is 12.9. The second kappa shape index (κ2) is 55.2. The molecule has 0 aromatic rings. The molecule has 0 amide bonds. The summed E-state index contributed by atoms with van der Waals surface area (Å²) in [6.45, 7) is 4.79. The first kappa shape index (κ1) is 70.0. The van der Waals surface area contributed by atoms with Crippen LogP contribution < -0.4 is 0 Å². The molecule has 0 spiro atoms. The van der Waals surface area contributed by atoms with Crippen LogP contribution in [-0.4, -0.2) is 87.4 Å². The van der Waals surface area contributed by atoms with Gasteiger partial charge in [0.1, 0.15) is 13.2 Å². The first-order valence-electron chi connectivity index (χ1n) is 30.5. The molecule has 0 saturated heterocycles. The highest BCUT2D eigenvalue weighted by molar-refractivity contribution is 5.71.